The van der Waals surface area contributed by atoms with E-state index in [0.717, 1.165) is 36.1 Å². The van der Waals surface area contributed by atoms with Crippen molar-refractivity contribution in [3.8, 4) is 0 Å². The first-order chi connectivity index (χ1) is 20.5. The highest BCUT2D eigenvalue weighted by Crippen LogP contribution is 2.40. The second-order valence-electron chi connectivity index (χ2n) is 11.0. The van der Waals surface area contributed by atoms with E-state index in [1.807, 2.05) is 60.8 Å². The number of ether oxygens (including phenoxy) is 1. The van der Waals surface area contributed by atoms with Crippen molar-refractivity contribution >= 4 is 35.3 Å². The molecule has 220 valence electrons. The highest BCUT2D eigenvalue weighted by atomic mass is 16.5. The first-order valence-electron chi connectivity index (χ1n) is 14.7. The minimum Gasteiger partial charge on any atom is -0.407 e. The summed E-state index contributed by atoms with van der Waals surface area (Å²) >= 11 is 0. The fraction of sp³-hybridized carbons (Fsp3) is 0.406. The van der Waals surface area contributed by atoms with Crippen molar-refractivity contribution in [1.29, 1.82) is 0 Å². The number of aliphatic hydroxyl groups is 1. The topological polar surface area (TPSA) is 160 Å². The maximum atomic E-state index is 13.2. The van der Waals surface area contributed by atoms with Crippen LogP contribution in [0.3, 0.4) is 0 Å². The van der Waals surface area contributed by atoms with Gasteiger partial charge in [-0.15, -0.1) is 0 Å². The van der Waals surface area contributed by atoms with Crippen LogP contribution in [-0.2, 0) is 9.53 Å². The number of nitrogens with one attached hydrogen (secondary N) is 1. The van der Waals surface area contributed by atoms with Crippen LogP contribution in [0.5, 0.6) is 0 Å². The number of fused-ring (bicyclic) bond motifs is 1. The SMILES string of the molecule is CCCC(CCO)CN=C1CC(C2CC2)C=NC1=C(N)OC(N)=NC1N=C(c2ccccc2)c2ccccc2NC1=O. The molecule has 0 spiro atoms. The smallest absolute Gasteiger partial charge is 0.291 e. The van der Waals surface area contributed by atoms with Gasteiger partial charge in [0.15, 0.2) is 0 Å². The Hall–Kier alpha value is -4.31. The number of aliphatic hydroxyl groups excluding tert-OH is 1. The Balaban J connectivity index is 1.42. The number of rotatable bonds is 10. The van der Waals surface area contributed by atoms with Gasteiger partial charge in [-0.2, -0.15) is 4.99 Å². The predicted molar refractivity (Wildman–Crippen MR) is 167 cm³/mol. The van der Waals surface area contributed by atoms with E-state index in [1.54, 1.807) is 0 Å². The first-order valence-corrected chi connectivity index (χ1v) is 14.7. The van der Waals surface area contributed by atoms with Crippen LogP contribution in [-0.4, -0.2) is 54.0 Å². The van der Waals surface area contributed by atoms with Crippen molar-refractivity contribution < 1.29 is 14.6 Å². The maximum absolute atomic E-state index is 13.2. The second kappa shape index (κ2) is 13.6. The highest BCUT2D eigenvalue weighted by molar-refractivity contribution is 6.19. The number of amides is 1. The molecule has 0 saturated heterocycles. The molecule has 42 heavy (non-hydrogen) atoms. The highest BCUT2D eigenvalue weighted by Gasteiger charge is 2.34. The van der Waals surface area contributed by atoms with Crippen LogP contribution in [0.25, 0.3) is 0 Å². The Morgan fingerprint density at radius 2 is 1.88 bits per heavy atom. The quantitative estimate of drug-likeness (QED) is 0.193. The molecule has 10 nitrogen and oxygen atoms in total. The fourth-order valence-corrected chi connectivity index (χ4v) is 5.40. The summed E-state index contributed by atoms with van der Waals surface area (Å²) in [6, 6.07) is 16.8. The molecule has 0 bridgehead atoms. The number of carbonyl (C=O) groups is 1. The molecule has 0 aromatic heterocycles. The molecule has 5 rings (SSSR count). The number of carbonyl (C=O) groups excluding carboxylic acids is 1. The molecule has 1 amide bonds. The van der Waals surface area contributed by atoms with Crippen LogP contribution < -0.4 is 16.8 Å². The van der Waals surface area contributed by atoms with Crippen LogP contribution in [0, 0.1) is 17.8 Å². The standard InChI is InChI=1S/C32H39N7O3/c1-2-8-20(15-16-40)18-35-26-17-23(21-13-14-21)19-36-28(26)29(33)42-32(34)39-30-31(41)37-25-12-7-6-11-24(25)27(38-30)22-9-4-3-5-10-22/h3-7,9-12,19-21,23,30,40H,2,8,13-18,33H2,1H3,(H2,34,39)(H,37,41). The summed E-state index contributed by atoms with van der Waals surface area (Å²) in [6.07, 6.45) is 6.54. The molecule has 1 fully saturated rings. The maximum Gasteiger partial charge on any atom is 0.291 e. The molecular weight excluding hydrogens is 530 g/mol. The lowest BCUT2D eigenvalue weighted by Gasteiger charge is -2.21. The molecule has 3 unspecified atom stereocenters. The normalized spacial score (nSPS) is 23.5. The minimum absolute atomic E-state index is 0.0284. The number of anilines is 1. The van der Waals surface area contributed by atoms with Crippen molar-refractivity contribution in [2.75, 3.05) is 18.5 Å². The van der Waals surface area contributed by atoms with Gasteiger partial charge >= 0.3 is 0 Å². The molecule has 2 heterocycles. The number of nitrogens with zero attached hydrogens (tertiary/aromatic N) is 4. The molecule has 3 aliphatic rings. The lowest BCUT2D eigenvalue weighted by atomic mass is 9.93. The molecule has 3 atom stereocenters. The average molecular weight is 570 g/mol. The summed E-state index contributed by atoms with van der Waals surface area (Å²) in [6.45, 7) is 2.84. The zero-order chi connectivity index (χ0) is 29.5. The number of hydrogen-bond acceptors (Lipinski definition) is 8. The number of aliphatic imine (C=N–C) groups is 4. The van der Waals surface area contributed by atoms with Crippen LogP contribution in [0.15, 0.2) is 86.1 Å². The largest absolute Gasteiger partial charge is 0.407 e. The minimum atomic E-state index is -1.19. The van der Waals surface area contributed by atoms with Crippen molar-refractivity contribution in [2.45, 2.75) is 51.6 Å². The zero-order valence-corrected chi connectivity index (χ0v) is 23.9. The first kappa shape index (κ1) is 29.2. The van der Waals surface area contributed by atoms with Gasteiger partial charge in [-0.25, -0.2) is 4.99 Å². The van der Waals surface area contributed by atoms with Crippen LogP contribution in [0.2, 0.25) is 0 Å². The van der Waals surface area contributed by atoms with Crippen LogP contribution in [0.1, 0.15) is 56.6 Å². The van der Waals surface area contributed by atoms with E-state index in [0.29, 0.717) is 41.9 Å². The van der Waals surface area contributed by atoms with Gasteiger partial charge in [-0.05, 0) is 50.0 Å². The van der Waals surface area contributed by atoms with Crippen molar-refractivity contribution in [3.05, 3.63) is 77.3 Å². The summed E-state index contributed by atoms with van der Waals surface area (Å²) in [5.74, 6) is 0.743. The van der Waals surface area contributed by atoms with Crippen molar-refractivity contribution in [2.24, 2.45) is 49.2 Å². The Morgan fingerprint density at radius 3 is 2.62 bits per heavy atom. The molecule has 1 aliphatic carbocycles. The van der Waals surface area contributed by atoms with Gasteiger partial charge in [0.05, 0.1) is 17.1 Å². The van der Waals surface area contributed by atoms with Crippen LogP contribution in [0.4, 0.5) is 5.69 Å². The predicted octanol–water partition coefficient (Wildman–Crippen LogP) is 4.00. The Morgan fingerprint density at radius 1 is 1.12 bits per heavy atom. The Labute approximate surface area is 246 Å². The van der Waals surface area contributed by atoms with Crippen molar-refractivity contribution in [1.82, 2.24) is 0 Å². The van der Waals surface area contributed by atoms with Gasteiger partial charge in [-0.3, -0.25) is 14.8 Å². The van der Waals surface area contributed by atoms with Gasteiger partial charge < -0.3 is 26.6 Å². The third-order valence-corrected chi connectivity index (χ3v) is 7.77. The van der Waals surface area contributed by atoms with Gasteiger partial charge in [0.2, 0.25) is 12.0 Å². The molecule has 1 saturated carbocycles. The van der Waals surface area contributed by atoms with E-state index < -0.39 is 12.1 Å². The van der Waals surface area contributed by atoms with E-state index >= 15 is 0 Å². The fourth-order valence-electron chi connectivity index (χ4n) is 5.40. The molecular formula is C32H39N7O3. The summed E-state index contributed by atoms with van der Waals surface area (Å²) in [4.78, 5) is 31.7. The van der Waals surface area contributed by atoms with E-state index in [1.165, 1.54) is 12.8 Å². The number of benzodiazepines with no additional fused rings is 1. The van der Waals surface area contributed by atoms with E-state index in [2.05, 4.69) is 27.2 Å². The number of para-hydroxylation sites is 1. The van der Waals surface area contributed by atoms with Gasteiger partial charge in [-0.1, -0.05) is 61.9 Å². The van der Waals surface area contributed by atoms with Crippen molar-refractivity contribution in [3.63, 3.8) is 0 Å². The lowest BCUT2D eigenvalue weighted by molar-refractivity contribution is -0.117. The Bertz CT molecular complexity index is 1420. The van der Waals surface area contributed by atoms with Gasteiger partial charge in [0.1, 0.15) is 5.70 Å². The monoisotopic (exact) mass is 569 g/mol. The number of amidine groups is 1. The molecule has 6 N–H and O–H groups in total. The van der Waals surface area contributed by atoms with Gasteiger partial charge in [0.25, 0.3) is 11.9 Å². The molecule has 2 aliphatic heterocycles. The number of benzene rings is 2. The third kappa shape index (κ3) is 7.12. The lowest BCUT2D eigenvalue weighted by Crippen LogP contribution is -2.30. The number of hydrogen-bond donors (Lipinski definition) is 4. The Kier molecular flexibility index (Phi) is 9.43. The van der Waals surface area contributed by atoms with E-state index in [9.17, 15) is 9.90 Å². The summed E-state index contributed by atoms with van der Waals surface area (Å²) in [7, 11) is 0. The molecule has 2 aromatic rings. The van der Waals surface area contributed by atoms with E-state index in [-0.39, 0.29) is 24.4 Å². The summed E-state index contributed by atoms with van der Waals surface area (Å²) in [5, 5.41) is 12.4. The number of nitrogens with two attached hydrogens (primary N) is 2. The summed E-state index contributed by atoms with van der Waals surface area (Å²) in [5.41, 5.74) is 16.6. The van der Waals surface area contributed by atoms with Gasteiger partial charge in [0, 0.05) is 36.4 Å². The summed E-state index contributed by atoms with van der Waals surface area (Å²) < 4.78 is 5.74. The number of allylic oxidation sites excluding steroid dienone is 1. The molecule has 2 aromatic carbocycles. The van der Waals surface area contributed by atoms with E-state index in [4.69, 9.17) is 21.2 Å². The molecule has 10 heteroatoms. The average Bonchev–Trinajstić information content (AvgIpc) is 3.85. The molecule has 0 radical (unpaired) electrons. The zero-order valence-electron chi connectivity index (χ0n) is 23.9. The van der Waals surface area contributed by atoms with Crippen LogP contribution >= 0.6 is 0 Å². The second-order valence-corrected chi connectivity index (χ2v) is 11.0. The third-order valence-electron chi connectivity index (χ3n) is 7.77.